The van der Waals surface area contributed by atoms with Gasteiger partial charge in [-0.05, 0) is 35.6 Å². The molecule has 7 heteroatoms. The lowest BCUT2D eigenvalue weighted by atomic mass is 10.2. The van der Waals surface area contributed by atoms with E-state index in [1.54, 1.807) is 12.1 Å². The van der Waals surface area contributed by atoms with Gasteiger partial charge < -0.3 is 0 Å². The van der Waals surface area contributed by atoms with E-state index in [0.717, 1.165) is 22.7 Å². The maximum Gasteiger partial charge on any atom is 0.235 e. The first-order valence-electron chi connectivity index (χ1n) is 4.75. The normalized spacial score (nSPS) is 11.6. The van der Waals surface area contributed by atoms with Gasteiger partial charge in [0.15, 0.2) is 0 Å². The lowest BCUT2D eigenvalue weighted by molar-refractivity contribution is 0.594. The first-order valence-corrected chi connectivity index (χ1v) is 7.55. The predicted octanol–water partition coefficient (Wildman–Crippen LogP) is 2.47. The van der Waals surface area contributed by atoms with E-state index in [2.05, 4.69) is 9.36 Å². The number of hydrogen-bond donors (Lipinski definition) is 0. The maximum absolute atomic E-state index is 11.9. The second-order valence-electron chi connectivity index (χ2n) is 3.57. The second-order valence-corrected chi connectivity index (χ2v) is 6.83. The zero-order chi connectivity index (χ0) is 12.5. The Bertz CT molecular complexity index is 620. The first kappa shape index (κ1) is 12.5. The molecule has 4 nitrogen and oxygen atoms in total. The molecule has 90 valence electrons. The van der Waals surface area contributed by atoms with E-state index < -0.39 is 9.84 Å². The molecule has 0 saturated carbocycles. The summed E-state index contributed by atoms with van der Waals surface area (Å²) in [6.45, 7) is 1.95. The van der Waals surface area contributed by atoms with Crippen LogP contribution in [-0.2, 0) is 15.6 Å². The largest absolute Gasteiger partial charge is 0.235 e. The summed E-state index contributed by atoms with van der Waals surface area (Å²) < 4.78 is 27.5. The fourth-order valence-electron chi connectivity index (χ4n) is 1.28. The van der Waals surface area contributed by atoms with Crippen molar-refractivity contribution in [2.24, 2.45) is 0 Å². The van der Waals surface area contributed by atoms with E-state index in [4.69, 9.17) is 11.6 Å². The Balaban J connectivity index is 2.26. The number of aryl methyl sites for hydroxylation is 1. The van der Waals surface area contributed by atoms with E-state index in [1.165, 1.54) is 0 Å². The average molecular weight is 289 g/mol. The van der Waals surface area contributed by atoms with Gasteiger partial charge >= 0.3 is 0 Å². The number of hydrogen-bond acceptors (Lipinski definition) is 5. The van der Waals surface area contributed by atoms with Gasteiger partial charge in [-0.3, -0.25) is 0 Å². The van der Waals surface area contributed by atoms with E-state index in [0.29, 0.717) is 0 Å². The molecule has 1 heterocycles. The van der Waals surface area contributed by atoms with Crippen LogP contribution < -0.4 is 0 Å². The summed E-state index contributed by atoms with van der Waals surface area (Å²) in [5.41, 5.74) is 1.81. The molecule has 0 aliphatic rings. The fourth-order valence-corrected chi connectivity index (χ4v) is 3.62. The average Bonchev–Trinajstić information content (AvgIpc) is 2.69. The number of sulfone groups is 1. The lowest BCUT2D eigenvalue weighted by Gasteiger charge is -2.01. The molecule has 1 aromatic carbocycles. The monoisotopic (exact) mass is 288 g/mol. The highest BCUT2D eigenvalue weighted by molar-refractivity contribution is 7.92. The minimum Gasteiger partial charge on any atom is -0.221 e. The third-order valence-electron chi connectivity index (χ3n) is 2.13. The molecule has 0 atom stereocenters. The van der Waals surface area contributed by atoms with Gasteiger partial charge in [-0.2, -0.15) is 9.36 Å². The molecule has 0 spiro atoms. The van der Waals surface area contributed by atoms with Crippen molar-refractivity contribution in [3.05, 3.63) is 40.7 Å². The molecule has 2 rings (SSSR count). The standard InChI is InChI=1S/C10H9ClN2O2S2/c1-7-2-4-8(5-3-7)6-17(14,15)10-12-9(11)13-16-10/h2-5H,6H2,1H3. The molecule has 2 aromatic rings. The van der Waals surface area contributed by atoms with Crippen LogP contribution in [-0.4, -0.2) is 17.8 Å². The maximum atomic E-state index is 11.9. The Morgan fingerprint density at radius 2 is 1.94 bits per heavy atom. The van der Waals surface area contributed by atoms with Gasteiger partial charge in [0, 0.05) is 0 Å². The number of aromatic nitrogens is 2. The van der Waals surface area contributed by atoms with Crippen molar-refractivity contribution >= 4 is 33.0 Å². The smallest absolute Gasteiger partial charge is 0.221 e. The molecule has 0 aliphatic heterocycles. The molecular weight excluding hydrogens is 280 g/mol. The molecule has 0 bridgehead atoms. The van der Waals surface area contributed by atoms with Gasteiger partial charge in [0.1, 0.15) is 0 Å². The number of benzene rings is 1. The molecule has 0 fully saturated rings. The molecule has 0 N–H and O–H groups in total. The fraction of sp³-hybridized carbons (Fsp3) is 0.200. The van der Waals surface area contributed by atoms with E-state index in [1.807, 2.05) is 19.1 Å². The van der Waals surface area contributed by atoms with Crippen molar-refractivity contribution in [3.63, 3.8) is 0 Å². The predicted molar refractivity (Wildman–Crippen MR) is 67.0 cm³/mol. The second kappa shape index (κ2) is 4.72. The van der Waals surface area contributed by atoms with Gasteiger partial charge in [0.25, 0.3) is 0 Å². The number of nitrogens with zero attached hydrogens (tertiary/aromatic N) is 2. The van der Waals surface area contributed by atoms with Crippen LogP contribution in [0.1, 0.15) is 11.1 Å². The van der Waals surface area contributed by atoms with Crippen LogP contribution in [0.25, 0.3) is 0 Å². The Kier molecular flexibility index (Phi) is 3.46. The zero-order valence-electron chi connectivity index (χ0n) is 8.92. The Labute approximate surface area is 108 Å². The number of rotatable bonds is 3. The van der Waals surface area contributed by atoms with Crippen molar-refractivity contribution in [1.82, 2.24) is 9.36 Å². The Hall–Kier alpha value is -0.980. The zero-order valence-corrected chi connectivity index (χ0v) is 11.3. The van der Waals surface area contributed by atoms with Gasteiger partial charge in [-0.15, -0.1) is 0 Å². The highest BCUT2D eigenvalue weighted by Crippen LogP contribution is 2.20. The van der Waals surface area contributed by atoms with Crippen LogP contribution >= 0.6 is 23.1 Å². The topological polar surface area (TPSA) is 59.9 Å². The Morgan fingerprint density at radius 1 is 1.29 bits per heavy atom. The van der Waals surface area contributed by atoms with Gasteiger partial charge in [-0.25, -0.2) is 8.42 Å². The quantitative estimate of drug-likeness (QED) is 0.870. The van der Waals surface area contributed by atoms with Crippen LogP contribution in [0, 0.1) is 6.92 Å². The Morgan fingerprint density at radius 3 is 2.47 bits per heavy atom. The summed E-state index contributed by atoms with van der Waals surface area (Å²) in [5.74, 6) is -0.0845. The summed E-state index contributed by atoms with van der Waals surface area (Å²) >= 11 is 6.31. The van der Waals surface area contributed by atoms with Gasteiger partial charge in [-0.1, -0.05) is 29.8 Å². The summed E-state index contributed by atoms with van der Waals surface area (Å²) in [6, 6.07) is 7.32. The van der Waals surface area contributed by atoms with Crippen LogP contribution in [0.4, 0.5) is 0 Å². The SMILES string of the molecule is Cc1ccc(CS(=O)(=O)c2nc(Cl)ns2)cc1. The summed E-state index contributed by atoms with van der Waals surface area (Å²) in [6.07, 6.45) is 0. The van der Waals surface area contributed by atoms with E-state index in [-0.39, 0.29) is 15.4 Å². The van der Waals surface area contributed by atoms with Crippen LogP contribution in [0.15, 0.2) is 28.6 Å². The molecule has 17 heavy (non-hydrogen) atoms. The highest BCUT2D eigenvalue weighted by atomic mass is 35.5. The molecule has 0 amide bonds. The summed E-state index contributed by atoms with van der Waals surface area (Å²) in [5, 5.41) is -0.0301. The van der Waals surface area contributed by atoms with E-state index in [9.17, 15) is 8.42 Å². The molecule has 1 aromatic heterocycles. The van der Waals surface area contributed by atoms with Crippen LogP contribution in [0.3, 0.4) is 0 Å². The van der Waals surface area contributed by atoms with Crippen molar-refractivity contribution in [2.75, 3.05) is 0 Å². The highest BCUT2D eigenvalue weighted by Gasteiger charge is 2.20. The minimum atomic E-state index is -3.44. The van der Waals surface area contributed by atoms with Crippen molar-refractivity contribution < 1.29 is 8.42 Å². The van der Waals surface area contributed by atoms with Crippen LogP contribution in [0.5, 0.6) is 0 Å². The summed E-state index contributed by atoms with van der Waals surface area (Å²) in [4.78, 5) is 3.68. The van der Waals surface area contributed by atoms with Crippen molar-refractivity contribution in [2.45, 2.75) is 17.0 Å². The lowest BCUT2D eigenvalue weighted by Crippen LogP contribution is -2.04. The van der Waals surface area contributed by atoms with Gasteiger partial charge in [0.05, 0.1) is 5.75 Å². The van der Waals surface area contributed by atoms with Crippen molar-refractivity contribution in [3.8, 4) is 0 Å². The summed E-state index contributed by atoms with van der Waals surface area (Å²) in [7, 11) is -3.44. The van der Waals surface area contributed by atoms with E-state index >= 15 is 0 Å². The number of halogens is 1. The molecule has 0 unspecified atom stereocenters. The van der Waals surface area contributed by atoms with Gasteiger partial charge in [0.2, 0.25) is 19.5 Å². The minimum absolute atomic E-state index is 0.0301. The van der Waals surface area contributed by atoms with Crippen LogP contribution in [0.2, 0.25) is 5.28 Å². The molecule has 0 aliphatic carbocycles. The molecule has 0 saturated heterocycles. The molecule has 0 radical (unpaired) electrons. The van der Waals surface area contributed by atoms with Crippen molar-refractivity contribution in [1.29, 1.82) is 0 Å². The first-order chi connectivity index (χ1) is 7.97. The third kappa shape index (κ3) is 3.02. The molecular formula is C10H9ClN2O2S2. The third-order valence-corrected chi connectivity index (χ3v) is 5.23.